The number of hydrogen-bond donors (Lipinski definition) is 2. The van der Waals surface area contributed by atoms with Gasteiger partial charge in [0.05, 0.1) is 28.1 Å². The van der Waals surface area contributed by atoms with Gasteiger partial charge >= 0.3 is 0 Å². The molecular weight excluding hydrogens is 390 g/mol. The number of halogens is 4. The number of hydrogen-bond acceptors (Lipinski definition) is 3. The maximum absolute atomic E-state index is 14.5. The topological polar surface area (TPSA) is 61.4 Å². The van der Waals surface area contributed by atoms with Gasteiger partial charge in [0, 0.05) is 37.5 Å². The van der Waals surface area contributed by atoms with Gasteiger partial charge in [0.2, 0.25) is 0 Å². The van der Waals surface area contributed by atoms with Gasteiger partial charge in [-0.3, -0.25) is 9.59 Å². The molecule has 29 heavy (non-hydrogen) atoms. The molecular formula is C20H13F4N3O2. The highest BCUT2D eigenvalue weighted by molar-refractivity contribution is 6.30. The van der Waals surface area contributed by atoms with E-state index in [9.17, 15) is 27.2 Å². The van der Waals surface area contributed by atoms with Gasteiger partial charge in [-0.2, -0.15) is 0 Å². The highest BCUT2D eigenvalue weighted by Crippen LogP contribution is 2.39. The summed E-state index contributed by atoms with van der Waals surface area (Å²) in [6, 6.07) is 5.01. The third kappa shape index (κ3) is 2.86. The molecule has 148 valence electrons. The fraction of sp³-hybridized carbons (Fsp3) is 0.100. The summed E-state index contributed by atoms with van der Waals surface area (Å²) in [6.07, 6.45) is 0. The van der Waals surface area contributed by atoms with Gasteiger partial charge < -0.3 is 15.5 Å². The lowest BCUT2D eigenvalue weighted by atomic mass is 10.0. The Hall–Kier alpha value is -3.62. The molecule has 0 unspecified atom stereocenters. The van der Waals surface area contributed by atoms with Crippen molar-refractivity contribution in [2.24, 2.45) is 0 Å². The van der Waals surface area contributed by atoms with Crippen LogP contribution in [0, 0.1) is 23.3 Å². The normalized spacial score (nSPS) is 15.7. The zero-order valence-corrected chi connectivity index (χ0v) is 15.2. The van der Waals surface area contributed by atoms with Crippen LogP contribution in [0.1, 0.15) is 11.1 Å². The molecule has 0 aromatic heterocycles. The predicted octanol–water partition coefficient (Wildman–Crippen LogP) is 2.69. The fourth-order valence-corrected chi connectivity index (χ4v) is 3.33. The summed E-state index contributed by atoms with van der Waals surface area (Å²) in [5.74, 6) is -6.07. The predicted molar refractivity (Wildman–Crippen MR) is 97.2 cm³/mol. The van der Waals surface area contributed by atoms with E-state index in [1.54, 1.807) is 19.0 Å². The molecule has 5 nitrogen and oxygen atoms in total. The molecule has 0 saturated carbocycles. The van der Waals surface area contributed by atoms with Crippen molar-refractivity contribution < 1.29 is 27.2 Å². The van der Waals surface area contributed by atoms with Crippen molar-refractivity contribution in [2.75, 3.05) is 19.0 Å². The first-order valence-corrected chi connectivity index (χ1v) is 8.42. The number of nitrogens with zero attached hydrogens (tertiary/aromatic N) is 1. The van der Waals surface area contributed by atoms with Gasteiger partial charge in [0.1, 0.15) is 23.3 Å². The van der Waals surface area contributed by atoms with E-state index in [0.29, 0.717) is 17.8 Å². The molecule has 0 bridgehead atoms. The van der Waals surface area contributed by atoms with Crippen molar-refractivity contribution in [1.29, 1.82) is 0 Å². The van der Waals surface area contributed by atoms with E-state index in [2.05, 4.69) is 10.6 Å². The standard InChI is InChI=1S/C20H13F4N3O2/c1-27(2)9-3-4-11(22)10(7-9)17-15-16(20(29)25-17)18(26-19(15)28)14-12(23)5-8(21)6-13(14)24/h3-7H,1-2H3,(H,25,29)(H,26,28). The molecule has 2 N–H and O–H groups in total. The molecule has 2 aliphatic heterocycles. The maximum atomic E-state index is 14.5. The van der Waals surface area contributed by atoms with Crippen LogP contribution in [0.3, 0.4) is 0 Å². The summed E-state index contributed by atoms with van der Waals surface area (Å²) < 4.78 is 56.1. The molecule has 2 aliphatic rings. The minimum absolute atomic E-state index is 0.0500. The molecule has 2 aromatic carbocycles. The highest BCUT2D eigenvalue weighted by Gasteiger charge is 2.42. The van der Waals surface area contributed by atoms with Gasteiger partial charge in [-0.25, -0.2) is 17.6 Å². The third-order valence-electron chi connectivity index (χ3n) is 4.67. The van der Waals surface area contributed by atoms with Crippen molar-refractivity contribution >= 4 is 28.9 Å². The summed E-state index contributed by atoms with van der Waals surface area (Å²) in [4.78, 5) is 26.8. The van der Waals surface area contributed by atoms with Crippen LogP contribution in [-0.2, 0) is 9.59 Å². The smallest absolute Gasteiger partial charge is 0.258 e. The SMILES string of the molecule is CN(C)c1ccc(F)c(C2=C3C(=O)NC(c4c(F)cc(F)cc4F)=C3C(=O)N2)c1. The first-order valence-electron chi connectivity index (χ1n) is 8.42. The van der Waals surface area contributed by atoms with Crippen LogP contribution in [-0.4, -0.2) is 25.9 Å². The van der Waals surface area contributed by atoms with E-state index in [1.807, 2.05) is 0 Å². The molecule has 0 atom stereocenters. The molecule has 4 rings (SSSR count). The molecule has 0 spiro atoms. The second kappa shape index (κ2) is 6.47. The summed E-state index contributed by atoms with van der Waals surface area (Å²) >= 11 is 0. The Balaban J connectivity index is 1.96. The summed E-state index contributed by atoms with van der Waals surface area (Å²) in [6.45, 7) is 0. The van der Waals surface area contributed by atoms with Crippen molar-refractivity contribution in [3.8, 4) is 0 Å². The number of rotatable bonds is 3. The number of carbonyl (C=O) groups is 2. The van der Waals surface area contributed by atoms with Gasteiger partial charge in [-0.1, -0.05) is 0 Å². The molecule has 0 aliphatic carbocycles. The van der Waals surface area contributed by atoms with Crippen LogP contribution in [0.25, 0.3) is 11.4 Å². The van der Waals surface area contributed by atoms with Crippen LogP contribution in [0.15, 0.2) is 41.5 Å². The number of anilines is 1. The lowest BCUT2D eigenvalue weighted by Crippen LogP contribution is -2.22. The first-order chi connectivity index (χ1) is 13.7. The summed E-state index contributed by atoms with van der Waals surface area (Å²) in [5, 5.41) is 4.65. The van der Waals surface area contributed by atoms with Crippen molar-refractivity contribution in [3.63, 3.8) is 0 Å². The second-order valence-corrected chi connectivity index (χ2v) is 6.71. The zero-order valence-electron chi connectivity index (χ0n) is 15.2. The Morgan fingerprint density at radius 2 is 1.31 bits per heavy atom. The van der Waals surface area contributed by atoms with Crippen LogP contribution >= 0.6 is 0 Å². The van der Waals surface area contributed by atoms with Gasteiger partial charge in [0.25, 0.3) is 11.8 Å². The zero-order chi connectivity index (χ0) is 21.0. The molecule has 0 fully saturated rings. The van der Waals surface area contributed by atoms with E-state index in [1.165, 1.54) is 18.2 Å². The van der Waals surface area contributed by atoms with Gasteiger partial charge in [0.15, 0.2) is 0 Å². The van der Waals surface area contributed by atoms with Gasteiger partial charge in [-0.05, 0) is 18.2 Å². The van der Waals surface area contributed by atoms with Crippen LogP contribution in [0.5, 0.6) is 0 Å². The summed E-state index contributed by atoms with van der Waals surface area (Å²) in [7, 11) is 3.46. The number of carbonyl (C=O) groups excluding carboxylic acids is 2. The molecule has 0 saturated heterocycles. The average Bonchev–Trinajstić information content (AvgIpc) is 3.13. The molecule has 2 amide bonds. The second-order valence-electron chi connectivity index (χ2n) is 6.71. The minimum Gasteiger partial charge on any atom is -0.378 e. The first kappa shape index (κ1) is 18.7. The monoisotopic (exact) mass is 403 g/mol. The molecule has 2 aromatic rings. The Morgan fingerprint density at radius 3 is 1.90 bits per heavy atom. The lowest BCUT2D eigenvalue weighted by Gasteiger charge is -2.15. The summed E-state index contributed by atoms with van der Waals surface area (Å²) in [5.41, 5.74) is -1.30. The number of fused-ring (bicyclic) bond motifs is 1. The Bertz CT molecular complexity index is 1150. The van der Waals surface area contributed by atoms with Crippen LogP contribution in [0.2, 0.25) is 0 Å². The fourth-order valence-electron chi connectivity index (χ4n) is 3.33. The van der Waals surface area contributed by atoms with Crippen LogP contribution in [0.4, 0.5) is 23.2 Å². The van der Waals surface area contributed by atoms with Crippen molar-refractivity contribution in [1.82, 2.24) is 10.6 Å². The Morgan fingerprint density at radius 1 is 0.759 bits per heavy atom. The maximum Gasteiger partial charge on any atom is 0.258 e. The van der Waals surface area contributed by atoms with E-state index >= 15 is 0 Å². The van der Waals surface area contributed by atoms with E-state index in [4.69, 9.17) is 0 Å². The average molecular weight is 403 g/mol. The van der Waals surface area contributed by atoms with Crippen LogP contribution < -0.4 is 15.5 Å². The number of amides is 2. The van der Waals surface area contributed by atoms with E-state index < -0.39 is 46.3 Å². The Kier molecular flexibility index (Phi) is 4.18. The van der Waals surface area contributed by atoms with E-state index in [0.717, 1.165) is 0 Å². The third-order valence-corrected chi connectivity index (χ3v) is 4.67. The number of benzene rings is 2. The lowest BCUT2D eigenvalue weighted by molar-refractivity contribution is -0.117. The minimum atomic E-state index is -1.28. The Labute approximate surface area is 162 Å². The molecule has 0 radical (unpaired) electrons. The van der Waals surface area contributed by atoms with Gasteiger partial charge in [-0.15, -0.1) is 0 Å². The van der Waals surface area contributed by atoms with E-state index in [-0.39, 0.29) is 22.4 Å². The van der Waals surface area contributed by atoms with Crippen molar-refractivity contribution in [3.05, 3.63) is 75.9 Å². The highest BCUT2D eigenvalue weighted by atomic mass is 19.1. The quantitative estimate of drug-likeness (QED) is 0.775. The molecule has 9 heteroatoms. The largest absolute Gasteiger partial charge is 0.378 e. The molecule has 2 heterocycles. The van der Waals surface area contributed by atoms with Crippen molar-refractivity contribution in [2.45, 2.75) is 0 Å². The number of nitrogens with one attached hydrogen (secondary N) is 2.